The second kappa shape index (κ2) is 10.2. The van der Waals surface area contributed by atoms with Gasteiger partial charge in [0, 0.05) is 18.4 Å². The largest absolute Gasteiger partial charge is 1.00 e. The summed E-state index contributed by atoms with van der Waals surface area (Å²) in [5.41, 5.74) is 6.27. The molecule has 0 unspecified atom stereocenters. The molecule has 0 amide bonds. The normalized spacial score (nSPS) is 16.0. The van der Waals surface area contributed by atoms with E-state index >= 15 is 0 Å². The highest BCUT2D eigenvalue weighted by Crippen LogP contribution is 2.30. The number of quaternary nitrogens is 1. The number of Topliss-reactive ketones (excluding diaryl/α,β-unsaturated/α-hetero) is 1. The van der Waals surface area contributed by atoms with E-state index in [1.54, 1.807) is 0 Å². The van der Waals surface area contributed by atoms with E-state index in [9.17, 15) is 4.79 Å². The Balaban J connectivity index is 0.00000240. The monoisotopic (exact) mass is 403 g/mol. The summed E-state index contributed by atoms with van der Waals surface area (Å²) in [7, 11) is 0. The zero-order chi connectivity index (χ0) is 19.2. The number of hydrogen-bond donors (Lipinski definition) is 1. The van der Waals surface area contributed by atoms with Crippen LogP contribution in [0, 0.1) is 0 Å². The first-order chi connectivity index (χ1) is 13.8. The van der Waals surface area contributed by atoms with E-state index in [0.29, 0.717) is 6.54 Å². The number of benzene rings is 3. The molecule has 1 aliphatic rings. The third kappa shape index (κ3) is 5.23. The van der Waals surface area contributed by atoms with Crippen molar-refractivity contribution in [2.24, 2.45) is 0 Å². The Morgan fingerprint density at radius 2 is 1.07 bits per heavy atom. The van der Waals surface area contributed by atoms with E-state index < -0.39 is 0 Å². The fourth-order valence-electron chi connectivity index (χ4n) is 4.07. The summed E-state index contributed by atoms with van der Waals surface area (Å²) < 4.78 is 0. The average molecular weight is 404 g/mol. The number of ketones is 1. The molecule has 3 aromatic rings. The maximum absolute atomic E-state index is 12.5. The molecule has 2 nitrogen and oxygen atoms in total. The summed E-state index contributed by atoms with van der Waals surface area (Å²) in [5, 5.41) is 0. The van der Waals surface area contributed by atoms with Crippen LogP contribution in [0.25, 0.3) is 5.57 Å². The molecule has 1 heterocycles. The maximum Gasteiger partial charge on any atom is 0.216 e. The Morgan fingerprint density at radius 3 is 1.52 bits per heavy atom. The Labute approximate surface area is 179 Å². The standard InChI is InChI=1S/C26H25NO.ClH/c28-25(21-10-4-1-5-11-21)20-27-18-16-24(17-19-27)26(22-12-6-2-7-13-22)23-14-8-3-9-15-23;/h1-15H,16-20H2;1H. The van der Waals surface area contributed by atoms with Gasteiger partial charge in [-0.1, -0.05) is 96.6 Å². The number of likely N-dealkylation sites (tertiary alicyclic amines) is 1. The predicted molar refractivity (Wildman–Crippen MR) is 114 cm³/mol. The molecule has 4 rings (SSSR count). The van der Waals surface area contributed by atoms with Crippen LogP contribution < -0.4 is 17.3 Å². The summed E-state index contributed by atoms with van der Waals surface area (Å²) in [6, 6.07) is 31.0. The predicted octanol–water partition coefficient (Wildman–Crippen LogP) is 1.05. The number of carbonyl (C=O) groups excluding carboxylic acids is 1. The van der Waals surface area contributed by atoms with Crippen LogP contribution in [0.5, 0.6) is 0 Å². The van der Waals surface area contributed by atoms with Gasteiger partial charge in [-0.15, -0.1) is 0 Å². The first-order valence-electron chi connectivity index (χ1n) is 10.1. The fourth-order valence-corrected chi connectivity index (χ4v) is 4.07. The van der Waals surface area contributed by atoms with Crippen LogP contribution in [-0.2, 0) is 0 Å². The number of carbonyl (C=O) groups is 1. The molecule has 29 heavy (non-hydrogen) atoms. The summed E-state index contributed by atoms with van der Waals surface area (Å²) in [6.07, 6.45) is 2.08. The molecule has 1 aliphatic heterocycles. The lowest BCUT2D eigenvalue weighted by Gasteiger charge is -2.27. The molecule has 0 saturated carbocycles. The average Bonchev–Trinajstić information content (AvgIpc) is 2.77. The second-order valence-electron chi connectivity index (χ2n) is 7.43. The molecule has 0 bridgehead atoms. The lowest BCUT2D eigenvalue weighted by Crippen LogP contribution is -3.13. The van der Waals surface area contributed by atoms with E-state index in [4.69, 9.17) is 0 Å². The summed E-state index contributed by atoms with van der Waals surface area (Å²) >= 11 is 0. The first kappa shape index (κ1) is 21.0. The minimum absolute atomic E-state index is 0. The fraction of sp³-hybridized carbons (Fsp3) is 0.192. The van der Waals surface area contributed by atoms with Gasteiger partial charge in [-0.25, -0.2) is 0 Å². The molecule has 1 fully saturated rings. The first-order valence-corrected chi connectivity index (χ1v) is 10.1. The Kier molecular flexibility index (Phi) is 7.40. The third-order valence-electron chi connectivity index (χ3n) is 5.55. The van der Waals surface area contributed by atoms with E-state index in [0.717, 1.165) is 31.5 Å². The number of rotatable bonds is 5. The Hall–Kier alpha value is -2.68. The lowest BCUT2D eigenvalue weighted by molar-refractivity contribution is -0.894. The molecule has 0 spiro atoms. The minimum atomic E-state index is 0. The van der Waals surface area contributed by atoms with Crippen LogP contribution in [0.1, 0.15) is 34.3 Å². The molecule has 1 N–H and O–H groups in total. The van der Waals surface area contributed by atoms with Crippen LogP contribution in [0.15, 0.2) is 96.6 Å². The number of piperidine rings is 1. The summed E-state index contributed by atoms with van der Waals surface area (Å²) in [6.45, 7) is 2.61. The molecule has 0 atom stereocenters. The van der Waals surface area contributed by atoms with Gasteiger partial charge in [-0.3, -0.25) is 4.79 Å². The zero-order valence-corrected chi connectivity index (χ0v) is 17.2. The van der Waals surface area contributed by atoms with Gasteiger partial charge >= 0.3 is 0 Å². The highest BCUT2D eigenvalue weighted by atomic mass is 35.5. The zero-order valence-electron chi connectivity index (χ0n) is 16.5. The van der Waals surface area contributed by atoms with E-state index in [1.165, 1.54) is 27.2 Å². The van der Waals surface area contributed by atoms with Crippen molar-refractivity contribution < 1.29 is 22.1 Å². The van der Waals surface area contributed by atoms with Crippen LogP contribution in [0.3, 0.4) is 0 Å². The molecule has 3 aromatic carbocycles. The second-order valence-corrected chi connectivity index (χ2v) is 7.43. The SMILES string of the molecule is O=C(C[NH+]1CCC(=C(c2ccccc2)c2ccccc2)CC1)c1ccccc1.[Cl-]. The molecule has 0 aromatic heterocycles. The van der Waals surface area contributed by atoms with Crippen molar-refractivity contribution in [2.75, 3.05) is 19.6 Å². The molecular weight excluding hydrogens is 378 g/mol. The van der Waals surface area contributed by atoms with Crippen LogP contribution in [0.4, 0.5) is 0 Å². The topological polar surface area (TPSA) is 21.5 Å². The van der Waals surface area contributed by atoms with Crippen molar-refractivity contribution in [3.8, 4) is 0 Å². The van der Waals surface area contributed by atoms with Crippen molar-refractivity contribution in [2.45, 2.75) is 12.8 Å². The van der Waals surface area contributed by atoms with Gasteiger partial charge in [-0.05, 0) is 16.7 Å². The van der Waals surface area contributed by atoms with Crippen molar-refractivity contribution in [1.82, 2.24) is 0 Å². The van der Waals surface area contributed by atoms with Crippen LogP contribution in [0.2, 0.25) is 0 Å². The van der Waals surface area contributed by atoms with Gasteiger partial charge in [0.15, 0.2) is 0 Å². The molecule has 0 radical (unpaired) electrons. The lowest BCUT2D eigenvalue weighted by atomic mass is 9.88. The van der Waals surface area contributed by atoms with E-state index in [1.807, 2.05) is 30.3 Å². The summed E-state index contributed by atoms with van der Waals surface area (Å²) in [5.74, 6) is 0.245. The van der Waals surface area contributed by atoms with Gasteiger partial charge in [0.05, 0.1) is 13.1 Å². The van der Waals surface area contributed by atoms with Crippen molar-refractivity contribution in [1.29, 1.82) is 0 Å². The van der Waals surface area contributed by atoms with Crippen LogP contribution >= 0.6 is 0 Å². The molecule has 148 valence electrons. The van der Waals surface area contributed by atoms with Gasteiger partial charge in [0.1, 0.15) is 6.54 Å². The molecule has 3 heteroatoms. The summed E-state index contributed by atoms with van der Waals surface area (Å²) in [4.78, 5) is 13.9. The van der Waals surface area contributed by atoms with Gasteiger partial charge < -0.3 is 17.3 Å². The Morgan fingerprint density at radius 1 is 0.655 bits per heavy atom. The maximum atomic E-state index is 12.5. The third-order valence-corrected chi connectivity index (χ3v) is 5.55. The highest BCUT2D eigenvalue weighted by Gasteiger charge is 2.23. The Bertz CT molecular complexity index is 900. The minimum Gasteiger partial charge on any atom is -1.00 e. The van der Waals surface area contributed by atoms with E-state index in [-0.39, 0.29) is 18.2 Å². The van der Waals surface area contributed by atoms with Crippen molar-refractivity contribution in [3.05, 3.63) is 113 Å². The van der Waals surface area contributed by atoms with Crippen LogP contribution in [-0.4, -0.2) is 25.4 Å². The quantitative estimate of drug-likeness (QED) is 0.632. The molecule has 0 aliphatic carbocycles. The van der Waals surface area contributed by atoms with Gasteiger partial charge in [-0.2, -0.15) is 0 Å². The van der Waals surface area contributed by atoms with Gasteiger partial charge in [0.2, 0.25) is 5.78 Å². The van der Waals surface area contributed by atoms with E-state index in [2.05, 4.69) is 60.7 Å². The van der Waals surface area contributed by atoms with Crippen molar-refractivity contribution >= 4 is 11.4 Å². The van der Waals surface area contributed by atoms with Crippen molar-refractivity contribution in [3.63, 3.8) is 0 Å². The smallest absolute Gasteiger partial charge is 0.216 e. The number of nitrogens with one attached hydrogen (secondary N) is 1. The number of hydrogen-bond acceptors (Lipinski definition) is 1. The molecule has 1 saturated heterocycles. The number of halogens is 1. The highest BCUT2D eigenvalue weighted by molar-refractivity contribution is 5.96. The molecular formula is C26H26ClNO. The van der Waals surface area contributed by atoms with Gasteiger partial charge in [0.25, 0.3) is 0 Å².